The van der Waals surface area contributed by atoms with Gasteiger partial charge < -0.3 is 4.42 Å². The van der Waals surface area contributed by atoms with Crippen LogP contribution in [0.25, 0.3) is 95.3 Å². The third-order valence-electron chi connectivity index (χ3n) is 10.4. The van der Waals surface area contributed by atoms with Gasteiger partial charge in [-0.1, -0.05) is 115 Å². The molecule has 0 unspecified atom stereocenters. The summed E-state index contributed by atoms with van der Waals surface area (Å²) >= 11 is 3.76. The molecule has 0 atom stereocenters. The van der Waals surface area contributed by atoms with Gasteiger partial charge in [-0.25, -0.2) is 0 Å². The van der Waals surface area contributed by atoms with E-state index in [-0.39, 0.29) is 0 Å². The number of aliphatic imine (C=N–C) groups is 1. The van der Waals surface area contributed by atoms with Crippen molar-refractivity contribution in [2.24, 2.45) is 4.99 Å². The third-order valence-corrected chi connectivity index (χ3v) is 12.7. The van der Waals surface area contributed by atoms with Gasteiger partial charge in [-0.15, -0.1) is 22.7 Å². The lowest BCUT2D eigenvalue weighted by atomic mass is 9.96. The largest absolute Gasteiger partial charge is 0.456 e. The van der Waals surface area contributed by atoms with E-state index >= 15 is 0 Å². The molecule has 0 saturated carbocycles. The van der Waals surface area contributed by atoms with Crippen LogP contribution in [0.4, 0.5) is 0 Å². The summed E-state index contributed by atoms with van der Waals surface area (Å²) in [5.41, 5.74) is 8.98. The first-order valence-corrected chi connectivity index (χ1v) is 19.2. The van der Waals surface area contributed by atoms with E-state index in [0.717, 1.165) is 27.5 Å². The van der Waals surface area contributed by atoms with Crippen LogP contribution in [-0.4, -0.2) is 6.21 Å². The van der Waals surface area contributed by atoms with Crippen LogP contribution in [0.3, 0.4) is 0 Å². The molecule has 0 N–H and O–H groups in total. The highest BCUT2D eigenvalue weighted by molar-refractivity contribution is 7.26. The molecule has 0 bridgehead atoms. The minimum atomic E-state index is 0.620. The zero-order chi connectivity index (χ0) is 34.2. The molecule has 4 heteroatoms. The summed E-state index contributed by atoms with van der Waals surface area (Å²) < 4.78 is 11.7. The molecule has 3 aromatic heterocycles. The molecule has 11 rings (SSSR count). The maximum Gasteiger partial charge on any atom is 0.136 e. The van der Waals surface area contributed by atoms with Gasteiger partial charge in [-0.2, -0.15) is 0 Å². The van der Waals surface area contributed by atoms with Crippen molar-refractivity contribution in [1.29, 1.82) is 0 Å². The van der Waals surface area contributed by atoms with Crippen LogP contribution in [0.1, 0.15) is 11.1 Å². The van der Waals surface area contributed by atoms with Crippen LogP contribution in [0.5, 0.6) is 0 Å². The molecule has 0 spiro atoms. The predicted molar refractivity (Wildman–Crippen MR) is 226 cm³/mol. The highest BCUT2D eigenvalue weighted by Crippen LogP contribution is 2.46. The topological polar surface area (TPSA) is 25.5 Å². The van der Waals surface area contributed by atoms with Gasteiger partial charge in [-0.3, -0.25) is 4.99 Å². The number of nitrogens with zero attached hydrogens (tertiary/aromatic N) is 1. The molecule has 52 heavy (non-hydrogen) atoms. The Morgan fingerprint density at radius 2 is 1.25 bits per heavy atom. The van der Waals surface area contributed by atoms with Gasteiger partial charge in [0.1, 0.15) is 11.2 Å². The summed E-state index contributed by atoms with van der Waals surface area (Å²) in [5, 5.41) is 9.95. The first-order valence-electron chi connectivity index (χ1n) is 17.5. The van der Waals surface area contributed by atoms with Crippen molar-refractivity contribution in [3.05, 3.63) is 169 Å². The van der Waals surface area contributed by atoms with E-state index in [1.165, 1.54) is 78.9 Å². The molecule has 2 nitrogen and oxygen atoms in total. The fourth-order valence-corrected chi connectivity index (χ4v) is 10.3. The minimum Gasteiger partial charge on any atom is -0.456 e. The van der Waals surface area contributed by atoms with Crippen molar-refractivity contribution in [1.82, 2.24) is 0 Å². The second-order valence-electron chi connectivity index (χ2n) is 13.5. The Morgan fingerprint density at radius 1 is 0.481 bits per heavy atom. The minimum absolute atomic E-state index is 0.620. The fraction of sp³-hybridized carbons (Fsp3) is 0.0208. The smallest absolute Gasteiger partial charge is 0.136 e. The first kappa shape index (κ1) is 29.6. The van der Waals surface area contributed by atoms with E-state index in [2.05, 4.69) is 158 Å². The lowest BCUT2D eigenvalue weighted by Gasteiger charge is -2.07. The molecule has 11 aromatic rings. The second-order valence-corrected chi connectivity index (χ2v) is 15.6. The Labute approximate surface area is 307 Å². The molecule has 244 valence electrons. The molecule has 0 aliphatic carbocycles. The zero-order valence-electron chi connectivity index (χ0n) is 28.0. The normalized spacial score (nSPS) is 12.2. The van der Waals surface area contributed by atoms with Crippen LogP contribution in [0.15, 0.2) is 167 Å². The maximum absolute atomic E-state index is 6.40. The van der Waals surface area contributed by atoms with Crippen LogP contribution in [-0.2, 0) is 6.54 Å². The van der Waals surface area contributed by atoms with E-state index in [0.29, 0.717) is 6.54 Å². The summed E-state index contributed by atoms with van der Waals surface area (Å²) in [6.45, 7) is 0.620. The maximum atomic E-state index is 6.40. The number of benzene rings is 8. The number of hydrogen-bond donors (Lipinski definition) is 0. The lowest BCUT2D eigenvalue weighted by Crippen LogP contribution is -1.86. The molecule has 0 aliphatic heterocycles. The second kappa shape index (κ2) is 11.7. The summed E-state index contributed by atoms with van der Waals surface area (Å²) in [5.74, 6) is 0. The number of thiophene rings is 2. The van der Waals surface area contributed by atoms with Gasteiger partial charge >= 0.3 is 0 Å². The van der Waals surface area contributed by atoms with Gasteiger partial charge in [0, 0.05) is 62.9 Å². The molecule has 8 aromatic carbocycles. The van der Waals surface area contributed by atoms with Crippen LogP contribution in [0, 0.1) is 0 Å². The molecule has 0 aliphatic rings. The Balaban J connectivity index is 1.01. The van der Waals surface area contributed by atoms with Crippen molar-refractivity contribution >= 4 is 102 Å². The summed E-state index contributed by atoms with van der Waals surface area (Å²) in [7, 11) is 0. The third kappa shape index (κ3) is 4.72. The van der Waals surface area contributed by atoms with Crippen molar-refractivity contribution < 1.29 is 4.42 Å². The average Bonchev–Trinajstić information content (AvgIpc) is 3.88. The Kier molecular flexibility index (Phi) is 6.69. The van der Waals surface area contributed by atoms with E-state index in [1.54, 1.807) is 0 Å². The molecule has 3 heterocycles. The Morgan fingerprint density at radius 3 is 2.23 bits per heavy atom. The van der Waals surface area contributed by atoms with Gasteiger partial charge in [0.25, 0.3) is 0 Å². The Bertz CT molecular complexity index is 3230. The Hall–Kier alpha value is -6.07. The van der Waals surface area contributed by atoms with Crippen LogP contribution < -0.4 is 0 Å². The number of fused-ring (bicyclic) bond motifs is 10. The summed E-state index contributed by atoms with van der Waals surface area (Å²) in [6.07, 6.45) is 2.00. The monoisotopic (exact) mass is 699 g/mol. The quantitative estimate of drug-likeness (QED) is 0.164. The van der Waals surface area contributed by atoms with E-state index < -0.39 is 0 Å². The van der Waals surface area contributed by atoms with Crippen molar-refractivity contribution in [3.8, 4) is 22.3 Å². The predicted octanol–water partition coefficient (Wildman–Crippen LogP) is 14.4. The number of rotatable bonds is 5. The van der Waals surface area contributed by atoms with E-state index in [1.807, 2.05) is 28.9 Å². The van der Waals surface area contributed by atoms with Crippen molar-refractivity contribution in [2.75, 3.05) is 0 Å². The number of furan rings is 1. The van der Waals surface area contributed by atoms with Gasteiger partial charge in [0.15, 0.2) is 0 Å². The molecule has 0 saturated heterocycles. The van der Waals surface area contributed by atoms with Gasteiger partial charge in [-0.05, 0) is 81.1 Å². The number of hydrogen-bond acceptors (Lipinski definition) is 4. The highest BCUT2D eigenvalue weighted by atomic mass is 32.1. The average molecular weight is 700 g/mol. The van der Waals surface area contributed by atoms with Crippen LogP contribution >= 0.6 is 22.7 Å². The molecular weight excluding hydrogens is 671 g/mol. The standard InChI is InChI=1S/C48H29NOS2/c1-2-9-31-24-29(18-19-30(31)8-1)27-49-28-34-10-5-15-42-46(34)40-25-32(21-23-41(40)50-42)35-12-7-17-44-47(35)39-14-6-13-36(48(39)52-44)33-20-22-38-37-11-3-4-16-43(37)51-45(38)26-33/h1-26,28H,27H2. The van der Waals surface area contributed by atoms with Crippen molar-refractivity contribution in [3.63, 3.8) is 0 Å². The zero-order valence-corrected chi connectivity index (χ0v) is 29.6. The molecule has 0 fully saturated rings. The lowest BCUT2D eigenvalue weighted by molar-refractivity contribution is 0.669. The first-order chi connectivity index (χ1) is 25.7. The van der Waals surface area contributed by atoms with E-state index in [4.69, 9.17) is 9.41 Å². The van der Waals surface area contributed by atoms with Gasteiger partial charge in [0.05, 0.1) is 6.54 Å². The summed E-state index contributed by atoms with van der Waals surface area (Å²) in [4.78, 5) is 4.90. The molecule has 0 amide bonds. The van der Waals surface area contributed by atoms with E-state index in [9.17, 15) is 0 Å². The van der Waals surface area contributed by atoms with Crippen molar-refractivity contribution in [2.45, 2.75) is 6.54 Å². The van der Waals surface area contributed by atoms with Crippen LogP contribution in [0.2, 0.25) is 0 Å². The molecular formula is C48H29NOS2. The SMILES string of the molecule is C(=NCc1ccc2ccccc2c1)c1cccc2oc3ccc(-c4cccc5sc6c(-c7ccc8c(c7)sc7ccccc78)cccc6c45)cc3c12. The molecule has 0 radical (unpaired) electrons. The van der Waals surface area contributed by atoms with Gasteiger partial charge in [0.2, 0.25) is 0 Å². The highest BCUT2D eigenvalue weighted by Gasteiger charge is 2.17. The fourth-order valence-electron chi connectivity index (χ4n) is 7.92. The summed E-state index contributed by atoms with van der Waals surface area (Å²) in [6, 6.07) is 57.1.